The van der Waals surface area contributed by atoms with Crippen LogP contribution in [0, 0.1) is 0 Å². The SMILES string of the molecule is CCCC(CCO)Sc1ccc(S(N)(=O)=O)cc1. The monoisotopic (exact) mass is 289 g/mol. The summed E-state index contributed by atoms with van der Waals surface area (Å²) in [6, 6.07) is 6.54. The van der Waals surface area contributed by atoms with Gasteiger partial charge in [-0.1, -0.05) is 13.3 Å². The van der Waals surface area contributed by atoms with Crippen molar-refractivity contribution in [2.45, 2.75) is 41.2 Å². The summed E-state index contributed by atoms with van der Waals surface area (Å²) in [4.78, 5) is 1.12. The number of rotatable bonds is 7. The Morgan fingerprint density at radius 2 is 1.89 bits per heavy atom. The average Bonchev–Trinajstić information content (AvgIpc) is 2.29. The zero-order chi connectivity index (χ0) is 13.6. The normalized spacial score (nSPS) is 13.5. The molecule has 0 saturated heterocycles. The molecule has 0 saturated carbocycles. The molecule has 0 radical (unpaired) electrons. The predicted octanol–water partition coefficient (Wildman–Crippen LogP) is 1.98. The third-order valence-corrected chi connectivity index (χ3v) is 4.80. The number of sulfonamides is 1. The van der Waals surface area contributed by atoms with Crippen LogP contribution in [0.2, 0.25) is 0 Å². The first kappa shape index (κ1) is 15.5. The third kappa shape index (κ3) is 4.97. The van der Waals surface area contributed by atoms with E-state index in [1.807, 2.05) is 0 Å². The first-order chi connectivity index (χ1) is 8.47. The van der Waals surface area contributed by atoms with Crippen molar-refractivity contribution in [1.29, 1.82) is 0 Å². The van der Waals surface area contributed by atoms with Gasteiger partial charge in [0.05, 0.1) is 4.90 Å². The molecule has 0 aliphatic carbocycles. The Kier molecular flexibility index (Phi) is 6.14. The lowest BCUT2D eigenvalue weighted by Gasteiger charge is -2.14. The highest BCUT2D eigenvalue weighted by atomic mass is 32.2. The van der Waals surface area contributed by atoms with E-state index in [2.05, 4.69) is 6.92 Å². The fraction of sp³-hybridized carbons (Fsp3) is 0.500. The Morgan fingerprint density at radius 1 is 1.28 bits per heavy atom. The molecule has 0 heterocycles. The molecule has 0 amide bonds. The second-order valence-electron chi connectivity index (χ2n) is 4.06. The van der Waals surface area contributed by atoms with E-state index < -0.39 is 10.0 Å². The molecule has 0 aliphatic rings. The molecule has 6 heteroatoms. The Balaban J connectivity index is 2.73. The second kappa shape index (κ2) is 7.13. The van der Waals surface area contributed by atoms with Crippen molar-refractivity contribution in [3.8, 4) is 0 Å². The van der Waals surface area contributed by atoms with Gasteiger partial charge in [-0.15, -0.1) is 11.8 Å². The Labute approximate surface area is 113 Å². The zero-order valence-corrected chi connectivity index (χ0v) is 12.0. The van der Waals surface area contributed by atoms with Crippen molar-refractivity contribution in [2.24, 2.45) is 5.14 Å². The van der Waals surface area contributed by atoms with Crippen molar-refractivity contribution < 1.29 is 13.5 Å². The van der Waals surface area contributed by atoms with E-state index in [4.69, 9.17) is 10.2 Å². The highest BCUT2D eigenvalue weighted by molar-refractivity contribution is 8.00. The largest absolute Gasteiger partial charge is 0.396 e. The lowest BCUT2D eigenvalue weighted by molar-refractivity contribution is 0.285. The number of nitrogens with two attached hydrogens (primary N) is 1. The molecule has 1 unspecified atom stereocenters. The molecule has 1 rings (SSSR count). The number of aliphatic hydroxyl groups excluding tert-OH is 1. The van der Waals surface area contributed by atoms with Crippen LogP contribution in [0.4, 0.5) is 0 Å². The van der Waals surface area contributed by atoms with E-state index >= 15 is 0 Å². The maximum atomic E-state index is 11.1. The molecule has 0 bridgehead atoms. The van der Waals surface area contributed by atoms with Crippen molar-refractivity contribution in [2.75, 3.05) is 6.61 Å². The fourth-order valence-electron chi connectivity index (χ4n) is 1.63. The molecule has 0 fully saturated rings. The minimum atomic E-state index is -3.62. The van der Waals surface area contributed by atoms with Crippen LogP contribution in [-0.4, -0.2) is 25.4 Å². The molecule has 0 aliphatic heterocycles. The third-order valence-electron chi connectivity index (χ3n) is 2.52. The summed E-state index contributed by atoms with van der Waals surface area (Å²) >= 11 is 1.66. The van der Waals surface area contributed by atoms with Gasteiger partial charge in [-0.05, 0) is 37.1 Å². The van der Waals surface area contributed by atoms with E-state index in [-0.39, 0.29) is 11.5 Å². The van der Waals surface area contributed by atoms with Gasteiger partial charge in [-0.2, -0.15) is 0 Å². The summed E-state index contributed by atoms with van der Waals surface area (Å²) in [5, 5.41) is 14.4. The molecule has 102 valence electrons. The molecular formula is C12H19NO3S2. The predicted molar refractivity (Wildman–Crippen MR) is 74.1 cm³/mol. The highest BCUT2D eigenvalue weighted by Crippen LogP contribution is 2.28. The van der Waals surface area contributed by atoms with Gasteiger partial charge in [-0.25, -0.2) is 13.6 Å². The van der Waals surface area contributed by atoms with E-state index in [0.29, 0.717) is 5.25 Å². The van der Waals surface area contributed by atoms with Crippen LogP contribution in [0.3, 0.4) is 0 Å². The Bertz CT molecular complexity index is 451. The summed E-state index contributed by atoms with van der Waals surface area (Å²) in [5.74, 6) is 0. The summed E-state index contributed by atoms with van der Waals surface area (Å²) in [6.45, 7) is 2.28. The molecule has 18 heavy (non-hydrogen) atoms. The lowest BCUT2D eigenvalue weighted by atomic mass is 10.2. The smallest absolute Gasteiger partial charge is 0.238 e. The number of hydrogen-bond acceptors (Lipinski definition) is 4. The van der Waals surface area contributed by atoms with Crippen molar-refractivity contribution in [1.82, 2.24) is 0 Å². The maximum Gasteiger partial charge on any atom is 0.238 e. The van der Waals surface area contributed by atoms with Gasteiger partial charge in [0.2, 0.25) is 10.0 Å². The molecule has 0 spiro atoms. The number of aliphatic hydroxyl groups is 1. The van der Waals surface area contributed by atoms with Gasteiger partial charge in [-0.3, -0.25) is 0 Å². The van der Waals surface area contributed by atoms with E-state index in [0.717, 1.165) is 24.2 Å². The molecular weight excluding hydrogens is 270 g/mol. The van der Waals surface area contributed by atoms with Gasteiger partial charge in [0.1, 0.15) is 0 Å². The van der Waals surface area contributed by atoms with Crippen molar-refractivity contribution >= 4 is 21.8 Å². The summed E-state index contributed by atoms with van der Waals surface area (Å²) < 4.78 is 22.2. The lowest BCUT2D eigenvalue weighted by Crippen LogP contribution is -2.11. The molecule has 3 N–H and O–H groups in total. The topological polar surface area (TPSA) is 80.4 Å². The maximum absolute atomic E-state index is 11.1. The van der Waals surface area contributed by atoms with Crippen LogP contribution in [0.5, 0.6) is 0 Å². The van der Waals surface area contributed by atoms with E-state index in [1.165, 1.54) is 12.1 Å². The van der Waals surface area contributed by atoms with E-state index in [1.54, 1.807) is 23.9 Å². The summed E-state index contributed by atoms with van der Waals surface area (Å²) in [7, 11) is -3.62. The van der Waals surface area contributed by atoms with Crippen LogP contribution in [0.15, 0.2) is 34.1 Å². The number of thioether (sulfide) groups is 1. The van der Waals surface area contributed by atoms with Crippen LogP contribution in [0.1, 0.15) is 26.2 Å². The average molecular weight is 289 g/mol. The Hall–Kier alpha value is -0.560. The molecule has 1 aromatic rings. The number of benzene rings is 1. The van der Waals surface area contributed by atoms with Crippen molar-refractivity contribution in [3.63, 3.8) is 0 Å². The fourth-order valence-corrected chi connectivity index (χ4v) is 3.40. The highest BCUT2D eigenvalue weighted by Gasteiger charge is 2.11. The van der Waals surface area contributed by atoms with Gasteiger partial charge >= 0.3 is 0 Å². The molecule has 0 aromatic heterocycles. The van der Waals surface area contributed by atoms with Gasteiger partial charge in [0.25, 0.3) is 0 Å². The summed E-state index contributed by atoms with van der Waals surface area (Å²) in [6.07, 6.45) is 2.84. The standard InChI is InChI=1S/C12H19NO3S2/c1-2-3-10(8-9-14)17-11-4-6-12(7-5-11)18(13,15)16/h4-7,10,14H,2-3,8-9H2,1H3,(H2,13,15,16). The van der Waals surface area contributed by atoms with Crippen LogP contribution < -0.4 is 5.14 Å². The number of primary sulfonamides is 1. The van der Waals surface area contributed by atoms with E-state index in [9.17, 15) is 8.42 Å². The first-order valence-electron chi connectivity index (χ1n) is 5.87. The quantitative estimate of drug-likeness (QED) is 0.752. The first-order valence-corrected chi connectivity index (χ1v) is 8.30. The van der Waals surface area contributed by atoms with Crippen LogP contribution >= 0.6 is 11.8 Å². The Morgan fingerprint density at radius 3 is 2.33 bits per heavy atom. The zero-order valence-electron chi connectivity index (χ0n) is 10.4. The van der Waals surface area contributed by atoms with Crippen LogP contribution in [-0.2, 0) is 10.0 Å². The summed E-state index contributed by atoms with van der Waals surface area (Å²) in [5.41, 5.74) is 0. The van der Waals surface area contributed by atoms with Crippen LogP contribution in [0.25, 0.3) is 0 Å². The van der Waals surface area contributed by atoms with Gasteiger partial charge in [0.15, 0.2) is 0 Å². The molecule has 1 aromatic carbocycles. The molecule has 1 atom stereocenters. The minimum Gasteiger partial charge on any atom is -0.396 e. The second-order valence-corrected chi connectivity index (χ2v) is 6.99. The minimum absolute atomic E-state index is 0.126. The van der Waals surface area contributed by atoms with Gasteiger partial charge in [0, 0.05) is 16.8 Å². The van der Waals surface area contributed by atoms with Crippen molar-refractivity contribution in [3.05, 3.63) is 24.3 Å². The molecule has 4 nitrogen and oxygen atoms in total. The number of hydrogen-bond donors (Lipinski definition) is 2. The van der Waals surface area contributed by atoms with Gasteiger partial charge < -0.3 is 5.11 Å².